The predicted molar refractivity (Wildman–Crippen MR) is 104 cm³/mol. The Hall–Kier alpha value is -1.96. The Balaban J connectivity index is 1.42. The van der Waals surface area contributed by atoms with E-state index >= 15 is 0 Å². The lowest BCUT2D eigenvalue weighted by molar-refractivity contribution is -0.116. The first-order valence-electron chi connectivity index (χ1n) is 8.33. The lowest BCUT2D eigenvalue weighted by atomic mass is 10.2. The van der Waals surface area contributed by atoms with E-state index in [-0.39, 0.29) is 5.91 Å². The van der Waals surface area contributed by atoms with Gasteiger partial charge in [0.05, 0.1) is 23.4 Å². The first kappa shape index (κ1) is 16.5. The van der Waals surface area contributed by atoms with Crippen molar-refractivity contribution in [3.05, 3.63) is 40.6 Å². The number of carbonyl (C=O) groups excluding carboxylic acids is 1. The minimum atomic E-state index is 0.0469. The first-order chi connectivity index (χ1) is 12.3. The number of thiophene rings is 1. The highest BCUT2D eigenvalue weighted by molar-refractivity contribution is 7.22. The van der Waals surface area contributed by atoms with E-state index in [0.717, 1.165) is 53.8 Å². The Labute approximate surface area is 154 Å². The van der Waals surface area contributed by atoms with Gasteiger partial charge in [-0.1, -0.05) is 17.4 Å². The maximum atomic E-state index is 12.2. The summed E-state index contributed by atoms with van der Waals surface area (Å²) in [5, 5.41) is 6.06. The highest BCUT2D eigenvalue weighted by Gasteiger charge is 2.15. The molecule has 1 aliphatic rings. The second-order valence-electron chi connectivity index (χ2n) is 5.91. The number of anilines is 2. The summed E-state index contributed by atoms with van der Waals surface area (Å²) < 4.78 is 6.49. The quantitative estimate of drug-likeness (QED) is 0.740. The van der Waals surface area contributed by atoms with Crippen molar-refractivity contribution in [2.75, 3.05) is 36.5 Å². The molecule has 0 radical (unpaired) electrons. The Kier molecular flexibility index (Phi) is 4.96. The summed E-state index contributed by atoms with van der Waals surface area (Å²) in [7, 11) is 0. The molecular weight excluding hydrogens is 354 g/mol. The van der Waals surface area contributed by atoms with Gasteiger partial charge in [0.15, 0.2) is 5.13 Å². The second kappa shape index (κ2) is 7.51. The molecule has 0 unspecified atom stereocenters. The SMILES string of the molecule is O=C(CCc1cccs1)Nc1ccc2nc(N3CCOCC3)sc2c1. The Bertz CT molecular complexity index is 854. The molecular formula is C18H19N3O2S2. The van der Waals surface area contributed by atoms with Crippen molar-refractivity contribution in [3.63, 3.8) is 0 Å². The predicted octanol–water partition coefficient (Wildman–Crippen LogP) is 3.77. The fourth-order valence-corrected chi connectivity index (χ4v) is 4.56. The number of benzene rings is 1. The van der Waals surface area contributed by atoms with Gasteiger partial charge in [0.1, 0.15) is 0 Å². The summed E-state index contributed by atoms with van der Waals surface area (Å²) in [4.78, 5) is 20.4. The molecule has 1 N–H and O–H groups in total. The van der Waals surface area contributed by atoms with E-state index in [1.807, 2.05) is 29.6 Å². The Morgan fingerprint density at radius 2 is 2.16 bits per heavy atom. The van der Waals surface area contributed by atoms with Crippen LogP contribution in [0, 0.1) is 0 Å². The molecule has 7 heteroatoms. The molecule has 1 saturated heterocycles. The van der Waals surface area contributed by atoms with Crippen molar-refractivity contribution in [3.8, 4) is 0 Å². The van der Waals surface area contributed by atoms with Gasteiger partial charge in [-0.3, -0.25) is 4.79 Å². The van der Waals surface area contributed by atoms with E-state index in [9.17, 15) is 4.79 Å². The van der Waals surface area contributed by atoms with Crippen molar-refractivity contribution in [1.82, 2.24) is 4.98 Å². The van der Waals surface area contributed by atoms with Crippen LogP contribution >= 0.6 is 22.7 Å². The molecule has 0 bridgehead atoms. The number of nitrogens with one attached hydrogen (secondary N) is 1. The average Bonchev–Trinajstić information content (AvgIpc) is 3.30. The van der Waals surface area contributed by atoms with Crippen molar-refractivity contribution in [2.24, 2.45) is 0 Å². The van der Waals surface area contributed by atoms with E-state index in [1.54, 1.807) is 22.7 Å². The third kappa shape index (κ3) is 4.00. The van der Waals surface area contributed by atoms with Gasteiger partial charge in [0, 0.05) is 30.1 Å². The summed E-state index contributed by atoms with van der Waals surface area (Å²) in [5.74, 6) is 0.0469. The van der Waals surface area contributed by atoms with Gasteiger partial charge in [-0.15, -0.1) is 11.3 Å². The van der Waals surface area contributed by atoms with Gasteiger partial charge in [-0.05, 0) is 36.1 Å². The standard InChI is InChI=1S/C18H19N3O2S2/c22-17(6-4-14-2-1-11-24-14)19-13-3-5-15-16(12-13)25-18(20-15)21-7-9-23-10-8-21/h1-3,5,11-12H,4,6-10H2,(H,19,22). The van der Waals surface area contributed by atoms with Gasteiger partial charge < -0.3 is 15.0 Å². The zero-order valence-electron chi connectivity index (χ0n) is 13.7. The lowest BCUT2D eigenvalue weighted by Crippen LogP contribution is -2.36. The minimum absolute atomic E-state index is 0.0469. The summed E-state index contributed by atoms with van der Waals surface area (Å²) >= 11 is 3.36. The van der Waals surface area contributed by atoms with Crippen molar-refractivity contribution >= 4 is 49.6 Å². The van der Waals surface area contributed by atoms with Crippen LogP contribution in [0.5, 0.6) is 0 Å². The van der Waals surface area contributed by atoms with Crippen LogP contribution in [0.1, 0.15) is 11.3 Å². The van der Waals surface area contributed by atoms with Crippen molar-refractivity contribution < 1.29 is 9.53 Å². The number of aryl methyl sites for hydroxylation is 1. The first-order valence-corrected chi connectivity index (χ1v) is 10.0. The van der Waals surface area contributed by atoms with Crippen LogP contribution in [0.4, 0.5) is 10.8 Å². The molecule has 1 fully saturated rings. The van der Waals surface area contributed by atoms with Crippen LogP contribution in [0.2, 0.25) is 0 Å². The van der Waals surface area contributed by atoms with Crippen LogP contribution in [0.15, 0.2) is 35.7 Å². The number of nitrogens with zero attached hydrogens (tertiary/aromatic N) is 2. The highest BCUT2D eigenvalue weighted by atomic mass is 32.1. The normalized spacial score (nSPS) is 14.8. The number of rotatable bonds is 5. The molecule has 3 aromatic rings. The monoisotopic (exact) mass is 373 g/mol. The second-order valence-corrected chi connectivity index (χ2v) is 7.95. The van der Waals surface area contributed by atoms with Crippen LogP contribution in [0.3, 0.4) is 0 Å². The minimum Gasteiger partial charge on any atom is -0.378 e. The number of amides is 1. The lowest BCUT2D eigenvalue weighted by Gasteiger charge is -2.25. The summed E-state index contributed by atoms with van der Waals surface area (Å²) in [6.07, 6.45) is 1.29. The van der Waals surface area contributed by atoms with Gasteiger partial charge >= 0.3 is 0 Å². The van der Waals surface area contributed by atoms with E-state index in [1.165, 1.54) is 4.88 Å². The molecule has 3 heterocycles. The topological polar surface area (TPSA) is 54.5 Å². The fourth-order valence-electron chi connectivity index (χ4n) is 2.80. The number of hydrogen-bond donors (Lipinski definition) is 1. The molecule has 2 aromatic heterocycles. The molecule has 1 amide bonds. The number of fused-ring (bicyclic) bond motifs is 1. The van der Waals surface area contributed by atoms with Crippen molar-refractivity contribution in [1.29, 1.82) is 0 Å². The summed E-state index contributed by atoms with van der Waals surface area (Å²) in [5.41, 5.74) is 1.81. The molecule has 1 aromatic carbocycles. The maximum Gasteiger partial charge on any atom is 0.224 e. The average molecular weight is 374 g/mol. The third-order valence-electron chi connectivity index (χ3n) is 4.12. The number of carbonyl (C=O) groups is 1. The van der Waals surface area contributed by atoms with E-state index in [2.05, 4.69) is 16.3 Å². The van der Waals surface area contributed by atoms with Gasteiger partial charge in [-0.2, -0.15) is 0 Å². The molecule has 5 nitrogen and oxygen atoms in total. The van der Waals surface area contributed by atoms with Gasteiger partial charge in [0.25, 0.3) is 0 Å². The molecule has 0 atom stereocenters. The number of thiazole rings is 1. The van der Waals surface area contributed by atoms with Crippen molar-refractivity contribution in [2.45, 2.75) is 12.8 Å². The molecule has 1 aliphatic heterocycles. The van der Waals surface area contributed by atoms with E-state index in [0.29, 0.717) is 6.42 Å². The molecule has 0 aliphatic carbocycles. The molecule has 4 rings (SSSR count). The Morgan fingerprint density at radius 3 is 2.96 bits per heavy atom. The Morgan fingerprint density at radius 1 is 1.28 bits per heavy atom. The number of ether oxygens (including phenoxy) is 1. The fraction of sp³-hybridized carbons (Fsp3) is 0.333. The molecule has 0 saturated carbocycles. The van der Waals surface area contributed by atoms with Crippen LogP contribution in [-0.2, 0) is 16.0 Å². The smallest absolute Gasteiger partial charge is 0.224 e. The number of morpholine rings is 1. The van der Waals surface area contributed by atoms with Gasteiger partial charge in [0.2, 0.25) is 5.91 Å². The molecule has 0 spiro atoms. The van der Waals surface area contributed by atoms with Gasteiger partial charge in [-0.25, -0.2) is 4.98 Å². The third-order valence-corrected chi connectivity index (χ3v) is 6.14. The largest absolute Gasteiger partial charge is 0.378 e. The molecule has 25 heavy (non-hydrogen) atoms. The zero-order valence-corrected chi connectivity index (χ0v) is 15.4. The maximum absolute atomic E-state index is 12.2. The molecule has 130 valence electrons. The van der Waals surface area contributed by atoms with Crippen LogP contribution < -0.4 is 10.2 Å². The number of aromatic nitrogens is 1. The summed E-state index contributed by atoms with van der Waals surface area (Å²) in [6, 6.07) is 10.00. The zero-order chi connectivity index (χ0) is 17.1. The van der Waals surface area contributed by atoms with E-state index in [4.69, 9.17) is 9.72 Å². The number of hydrogen-bond acceptors (Lipinski definition) is 6. The van der Waals surface area contributed by atoms with E-state index < -0.39 is 0 Å². The van der Waals surface area contributed by atoms with Crippen LogP contribution in [-0.4, -0.2) is 37.2 Å². The van der Waals surface area contributed by atoms with Crippen LogP contribution in [0.25, 0.3) is 10.2 Å². The highest BCUT2D eigenvalue weighted by Crippen LogP contribution is 2.31. The summed E-state index contributed by atoms with van der Waals surface area (Å²) in [6.45, 7) is 3.27.